The molecule has 1 heterocycles. The van der Waals surface area contributed by atoms with E-state index in [2.05, 4.69) is 10.6 Å². The Balaban J connectivity index is 1.68. The summed E-state index contributed by atoms with van der Waals surface area (Å²) in [5.74, 6) is -0.854. The first-order valence-electron chi connectivity index (χ1n) is 7.62. The van der Waals surface area contributed by atoms with Crippen molar-refractivity contribution in [3.63, 3.8) is 0 Å². The van der Waals surface area contributed by atoms with Crippen molar-refractivity contribution in [2.45, 2.75) is 32.2 Å². The maximum absolute atomic E-state index is 13.4. The monoisotopic (exact) mass is 312 g/mol. The normalized spacial score (nSPS) is 19.0. The number of nitrogens with one attached hydrogen (secondary N) is 2. The third-order valence-corrected chi connectivity index (χ3v) is 3.73. The second kappa shape index (κ2) is 8.08. The molecule has 0 radical (unpaired) electrons. The van der Waals surface area contributed by atoms with Crippen LogP contribution in [0.1, 0.15) is 26.2 Å². The maximum atomic E-state index is 13.4. The number of carbonyl (C=O) groups is 1. The molecule has 0 spiro atoms. The number of carbonyl (C=O) groups excluding carboxylic acids is 1. The highest BCUT2D eigenvalue weighted by atomic mass is 19.1. The smallest absolute Gasteiger partial charge is 0.220 e. The van der Waals surface area contributed by atoms with Crippen molar-refractivity contribution < 1.29 is 18.3 Å². The summed E-state index contributed by atoms with van der Waals surface area (Å²) in [6, 6.07) is 2.91. The lowest BCUT2D eigenvalue weighted by Crippen LogP contribution is -2.37. The van der Waals surface area contributed by atoms with Crippen molar-refractivity contribution in [1.82, 2.24) is 10.6 Å². The number of benzene rings is 1. The minimum absolute atomic E-state index is 0.0143. The van der Waals surface area contributed by atoms with Crippen LogP contribution in [0.2, 0.25) is 0 Å². The fourth-order valence-electron chi connectivity index (χ4n) is 2.49. The molecule has 2 unspecified atom stereocenters. The Morgan fingerprint density at radius 1 is 1.50 bits per heavy atom. The number of hydrogen-bond acceptors (Lipinski definition) is 3. The largest absolute Gasteiger partial charge is 0.488 e. The summed E-state index contributed by atoms with van der Waals surface area (Å²) in [5, 5.41) is 6.09. The summed E-state index contributed by atoms with van der Waals surface area (Å²) in [4.78, 5) is 11.8. The number of rotatable bonds is 7. The van der Waals surface area contributed by atoms with Gasteiger partial charge in [0.15, 0.2) is 11.6 Å². The fourth-order valence-corrected chi connectivity index (χ4v) is 2.49. The molecule has 1 aromatic carbocycles. The van der Waals surface area contributed by atoms with Gasteiger partial charge in [-0.05, 0) is 50.9 Å². The van der Waals surface area contributed by atoms with Crippen LogP contribution in [-0.2, 0) is 4.79 Å². The molecule has 122 valence electrons. The Hall–Kier alpha value is -1.69. The van der Waals surface area contributed by atoms with Gasteiger partial charge >= 0.3 is 0 Å². The molecule has 22 heavy (non-hydrogen) atoms. The van der Waals surface area contributed by atoms with Gasteiger partial charge < -0.3 is 15.4 Å². The van der Waals surface area contributed by atoms with Crippen molar-refractivity contribution in [1.29, 1.82) is 0 Å². The zero-order chi connectivity index (χ0) is 15.9. The molecule has 4 nitrogen and oxygen atoms in total. The van der Waals surface area contributed by atoms with Gasteiger partial charge in [0.1, 0.15) is 12.4 Å². The van der Waals surface area contributed by atoms with Crippen molar-refractivity contribution >= 4 is 5.91 Å². The molecule has 1 fully saturated rings. The predicted octanol–water partition coefficient (Wildman–Crippen LogP) is 2.24. The first kappa shape index (κ1) is 16.7. The van der Waals surface area contributed by atoms with Crippen LogP contribution < -0.4 is 15.4 Å². The summed E-state index contributed by atoms with van der Waals surface area (Å²) in [6.07, 6.45) is 2.48. The zero-order valence-corrected chi connectivity index (χ0v) is 12.7. The summed E-state index contributed by atoms with van der Waals surface area (Å²) in [6.45, 7) is 3.94. The molecule has 0 aromatic heterocycles. The van der Waals surface area contributed by atoms with E-state index in [-0.39, 0.29) is 24.3 Å². The third-order valence-electron chi connectivity index (χ3n) is 3.73. The van der Waals surface area contributed by atoms with Crippen molar-refractivity contribution in [2.24, 2.45) is 5.92 Å². The van der Waals surface area contributed by atoms with Crippen LogP contribution in [0.3, 0.4) is 0 Å². The van der Waals surface area contributed by atoms with Gasteiger partial charge in [-0.15, -0.1) is 0 Å². The van der Waals surface area contributed by atoms with Gasteiger partial charge in [-0.1, -0.05) is 0 Å². The summed E-state index contributed by atoms with van der Waals surface area (Å²) in [5.41, 5.74) is 0. The SMILES string of the molecule is CC(COc1ccc(F)cc1F)NC(=O)CCC1CCNC1. The summed E-state index contributed by atoms with van der Waals surface area (Å²) in [7, 11) is 0. The molecule has 1 aromatic rings. The standard InChI is InChI=1S/C16H22F2N2O2/c1-11(10-22-15-4-3-13(17)8-14(15)18)20-16(21)5-2-12-6-7-19-9-12/h3-4,8,11-12,19H,2,5-7,9-10H2,1H3,(H,20,21). The Kier molecular flexibility index (Phi) is 6.12. The Morgan fingerprint density at radius 2 is 2.32 bits per heavy atom. The summed E-state index contributed by atoms with van der Waals surface area (Å²) >= 11 is 0. The molecule has 1 aliphatic heterocycles. The molecule has 1 saturated heterocycles. The molecule has 0 bridgehead atoms. The molecule has 1 amide bonds. The fraction of sp³-hybridized carbons (Fsp3) is 0.562. The molecule has 2 rings (SSSR count). The van der Waals surface area contributed by atoms with Crippen molar-refractivity contribution in [3.05, 3.63) is 29.8 Å². The minimum atomic E-state index is -0.743. The average molecular weight is 312 g/mol. The lowest BCUT2D eigenvalue weighted by molar-refractivity contribution is -0.122. The highest BCUT2D eigenvalue weighted by Gasteiger charge is 2.16. The molecule has 6 heteroatoms. The molecular formula is C16H22F2N2O2. The maximum Gasteiger partial charge on any atom is 0.220 e. The summed E-state index contributed by atoms with van der Waals surface area (Å²) < 4.78 is 31.4. The van der Waals surface area contributed by atoms with Crippen LogP contribution in [0.25, 0.3) is 0 Å². The number of halogens is 2. The van der Waals surface area contributed by atoms with E-state index in [4.69, 9.17) is 4.74 Å². The topological polar surface area (TPSA) is 50.4 Å². The number of hydrogen-bond donors (Lipinski definition) is 2. The van der Waals surface area contributed by atoms with Gasteiger partial charge in [-0.2, -0.15) is 0 Å². The van der Waals surface area contributed by atoms with Gasteiger partial charge in [0.25, 0.3) is 0 Å². The van der Waals surface area contributed by atoms with Crippen LogP contribution in [-0.4, -0.2) is 31.6 Å². The lowest BCUT2D eigenvalue weighted by Gasteiger charge is -2.16. The second-order valence-electron chi connectivity index (χ2n) is 5.75. The van der Waals surface area contributed by atoms with Crippen molar-refractivity contribution in [2.75, 3.05) is 19.7 Å². The Bertz CT molecular complexity index is 505. The number of ether oxygens (including phenoxy) is 1. The van der Waals surface area contributed by atoms with E-state index in [0.717, 1.165) is 38.1 Å². The van der Waals surface area contributed by atoms with E-state index >= 15 is 0 Å². The van der Waals surface area contributed by atoms with Gasteiger partial charge in [0.2, 0.25) is 5.91 Å². The van der Waals surface area contributed by atoms with E-state index in [9.17, 15) is 13.6 Å². The number of amides is 1. The predicted molar refractivity (Wildman–Crippen MR) is 79.7 cm³/mol. The quantitative estimate of drug-likeness (QED) is 0.812. The highest BCUT2D eigenvalue weighted by Crippen LogP contribution is 2.18. The molecule has 2 atom stereocenters. The lowest BCUT2D eigenvalue weighted by atomic mass is 10.0. The van der Waals surface area contributed by atoms with Crippen LogP contribution in [0.15, 0.2) is 18.2 Å². The first-order valence-corrected chi connectivity index (χ1v) is 7.62. The van der Waals surface area contributed by atoms with Crippen LogP contribution in [0, 0.1) is 17.6 Å². The van der Waals surface area contributed by atoms with E-state index in [0.29, 0.717) is 12.3 Å². The van der Waals surface area contributed by atoms with Crippen LogP contribution >= 0.6 is 0 Å². The average Bonchev–Trinajstić information content (AvgIpc) is 2.97. The van der Waals surface area contributed by atoms with Gasteiger partial charge in [0, 0.05) is 12.5 Å². The highest BCUT2D eigenvalue weighted by molar-refractivity contribution is 5.76. The molecule has 0 aliphatic carbocycles. The first-order chi connectivity index (χ1) is 10.5. The zero-order valence-electron chi connectivity index (χ0n) is 12.7. The molecular weight excluding hydrogens is 290 g/mol. The van der Waals surface area contributed by atoms with E-state index in [1.54, 1.807) is 6.92 Å². The van der Waals surface area contributed by atoms with Crippen LogP contribution in [0.5, 0.6) is 5.75 Å². The minimum Gasteiger partial charge on any atom is -0.488 e. The van der Waals surface area contributed by atoms with E-state index in [1.807, 2.05) is 0 Å². The van der Waals surface area contributed by atoms with E-state index < -0.39 is 11.6 Å². The van der Waals surface area contributed by atoms with Gasteiger partial charge in [-0.25, -0.2) is 8.78 Å². The molecule has 0 saturated carbocycles. The van der Waals surface area contributed by atoms with Crippen molar-refractivity contribution in [3.8, 4) is 5.75 Å². The Morgan fingerprint density at radius 3 is 3.00 bits per heavy atom. The van der Waals surface area contributed by atoms with E-state index in [1.165, 1.54) is 6.07 Å². The second-order valence-corrected chi connectivity index (χ2v) is 5.75. The molecule has 1 aliphatic rings. The van der Waals surface area contributed by atoms with Gasteiger partial charge in [0.05, 0.1) is 6.04 Å². The Labute approximate surface area is 129 Å². The third kappa shape index (κ3) is 5.26. The molecule has 2 N–H and O–H groups in total. The van der Waals surface area contributed by atoms with Crippen LogP contribution in [0.4, 0.5) is 8.78 Å². The van der Waals surface area contributed by atoms with Gasteiger partial charge in [-0.3, -0.25) is 4.79 Å².